The van der Waals surface area contributed by atoms with Gasteiger partial charge in [-0.05, 0) is 23.8 Å². The van der Waals surface area contributed by atoms with E-state index in [2.05, 4.69) is 10.1 Å². The van der Waals surface area contributed by atoms with Crippen LogP contribution in [0.4, 0.5) is 5.88 Å². The van der Waals surface area contributed by atoms with Crippen molar-refractivity contribution in [2.75, 3.05) is 32.6 Å². The topological polar surface area (TPSA) is 137 Å². The van der Waals surface area contributed by atoms with Crippen molar-refractivity contribution in [2.24, 2.45) is 10.7 Å². The van der Waals surface area contributed by atoms with Crippen molar-refractivity contribution < 1.29 is 26.7 Å². The lowest BCUT2D eigenvalue weighted by molar-refractivity contribution is 0.0675. The number of morpholine rings is 1. The zero-order valence-electron chi connectivity index (χ0n) is 19.4. The van der Waals surface area contributed by atoms with Gasteiger partial charge < -0.3 is 24.1 Å². The van der Waals surface area contributed by atoms with Crippen LogP contribution in [0.25, 0.3) is 0 Å². The van der Waals surface area contributed by atoms with Crippen LogP contribution in [-0.4, -0.2) is 62.8 Å². The predicted molar refractivity (Wildman–Crippen MR) is 129 cm³/mol. The number of nitrogens with zero attached hydrogens (tertiary/aromatic N) is 3. The van der Waals surface area contributed by atoms with E-state index in [1.807, 2.05) is 17.9 Å². The van der Waals surface area contributed by atoms with Crippen LogP contribution in [-0.2, 0) is 14.9 Å². The molecule has 3 aromatic rings. The lowest BCUT2D eigenvalue weighted by Crippen LogP contribution is -2.44. The number of ketones is 1. The number of para-hydroxylation sites is 1. The molecule has 1 unspecified atom stereocenters. The van der Waals surface area contributed by atoms with E-state index in [0.717, 1.165) is 11.8 Å². The van der Waals surface area contributed by atoms with Crippen LogP contribution in [0.3, 0.4) is 0 Å². The first-order chi connectivity index (χ1) is 16.7. The van der Waals surface area contributed by atoms with Gasteiger partial charge >= 0.3 is 10.1 Å². The molecule has 1 aliphatic heterocycles. The first-order valence-corrected chi connectivity index (χ1v) is 12.8. The van der Waals surface area contributed by atoms with E-state index < -0.39 is 10.1 Å². The number of guanidine groups is 1. The Morgan fingerprint density at radius 2 is 1.89 bits per heavy atom. The highest BCUT2D eigenvalue weighted by atomic mass is 32.2. The van der Waals surface area contributed by atoms with Crippen molar-refractivity contribution in [1.29, 1.82) is 0 Å². The fourth-order valence-corrected chi connectivity index (χ4v) is 4.15. The lowest BCUT2D eigenvalue weighted by atomic mass is 9.93. The van der Waals surface area contributed by atoms with Crippen LogP contribution < -0.4 is 9.92 Å². The molecule has 0 saturated carbocycles. The van der Waals surface area contributed by atoms with E-state index in [1.165, 1.54) is 12.1 Å². The minimum atomic E-state index is -3.79. The second kappa shape index (κ2) is 10.3. The summed E-state index contributed by atoms with van der Waals surface area (Å²) in [4.78, 5) is 19.4. The van der Waals surface area contributed by atoms with Gasteiger partial charge in [-0.15, -0.1) is 0 Å². The second-order valence-electron chi connectivity index (χ2n) is 8.12. The third-order valence-corrected chi connectivity index (χ3v) is 6.02. The molecule has 1 atom stereocenters. The molecule has 184 valence electrons. The van der Waals surface area contributed by atoms with Crippen LogP contribution in [0.5, 0.6) is 5.75 Å². The molecule has 1 fully saturated rings. The van der Waals surface area contributed by atoms with Gasteiger partial charge in [0, 0.05) is 30.6 Å². The molecule has 35 heavy (non-hydrogen) atoms. The Kier molecular flexibility index (Phi) is 7.17. The average molecular weight is 499 g/mol. The molecule has 1 aromatic heterocycles. The zero-order chi connectivity index (χ0) is 25.0. The molecular weight excluding hydrogens is 472 g/mol. The highest BCUT2D eigenvalue weighted by Crippen LogP contribution is 2.29. The summed E-state index contributed by atoms with van der Waals surface area (Å²) in [6.07, 6.45) is 0.932. The maximum Gasteiger partial charge on any atom is 0.306 e. The minimum absolute atomic E-state index is 0.0182. The highest BCUT2D eigenvalue weighted by molar-refractivity contribution is 7.86. The maximum atomic E-state index is 13.2. The molecule has 0 spiro atoms. The van der Waals surface area contributed by atoms with Crippen LogP contribution in [0.15, 0.2) is 64.1 Å². The number of ether oxygens (including phenoxy) is 1. The van der Waals surface area contributed by atoms with Gasteiger partial charge in [-0.25, -0.2) is 0 Å². The molecule has 2 aromatic carbocycles. The number of hydrogen-bond donors (Lipinski definition) is 1. The zero-order valence-corrected chi connectivity index (χ0v) is 20.2. The number of hydrogen-bond acceptors (Lipinski definition) is 8. The SMILES string of the molecule is CC(c1cccc(C(=O)c2ccccc2OS(C)(=O)=O)c1)c1cc(/N=C(\N)N2CCOCC2)on1. The number of nitrogens with two attached hydrogens (primary N) is 1. The molecular formula is C24H26N4O6S. The molecule has 1 aliphatic rings. The molecule has 0 bridgehead atoms. The summed E-state index contributed by atoms with van der Waals surface area (Å²) < 4.78 is 38.9. The standard InChI is InChI=1S/C24H26N4O6S/c1-16(20-15-22(33-27-20)26-24(25)28-10-12-32-13-11-28)17-6-5-7-18(14-17)23(29)19-8-3-4-9-21(19)34-35(2,30)31/h3-9,14-16H,10-13H2,1-2H3,(H2,25,26). The Morgan fingerprint density at radius 3 is 2.63 bits per heavy atom. The Bertz CT molecular complexity index is 1350. The lowest BCUT2D eigenvalue weighted by Gasteiger charge is -2.27. The summed E-state index contributed by atoms with van der Waals surface area (Å²) in [6, 6.07) is 15.0. The van der Waals surface area contributed by atoms with Crippen LogP contribution in [0, 0.1) is 0 Å². The molecule has 2 N–H and O–H groups in total. The van der Waals surface area contributed by atoms with E-state index >= 15 is 0 Å². The van der Waals surface area contributed by atoms with Crippen LogP contribution in [0.2, 0.25) is 0 Å². The fourth-order valence-electron chi connectivity index (χ4n) is 3.68. The quantitative estimate of drug-likeness (QED) is 0.225. The molecule has 11 heteroatoms. The van der Waals surface area contributed by atoms with Gasteiger partial charge in [0.15, 0.2) is 17.5 Å². The molecule has 4 rings (SSSR count). The number of aliphatic imine (C=N–C) groups is 1. The molecule has 0 aliphatic carbocycles. The molecule has 2 heterocycles. The summed E-state index contributed by atoms with van der Waals surface area (Å²) in [5.41, 5.74) is 8.07. The van der Waals surface area contributed by atoms with Gasteiger partial charge in [-0.2, -0.15) is 13.4 Å². The minimum Gasteiger partial charge on any atom is -0.382 e. The maximum absolute atomic E-state index is 13.2. The number of carbonyl (C=O) groups is 1. The Balaban J connectivity index is 1.54. The predicted octanol–water partition coefficient (Wildman–Crippen LogP) is 2.67. The van der Waals surface area contributed by atoms with Gasteiger partial charge in [0.25, 0.3) is 5.88 Å². The number of rotatable bonds is 7. The number of benzene rings is 2. The van der Waals surface area contributed by atoms with Crippen molar-refractivity contribution >= 4 is 27.7 Å². The molecule has 0 radical (unpaired) electrons. The summed E-state index contributed by atoms with van der Waals surface area (Å²) >= 11 is 0. The van der Waals surface area contributed by atoms with Crippen molar-refractivity contribution in [3.63, 3.8) is 0 Å². The summed E-state index contributed by atoms with van der Waals surface area (Å²) in [5, 5.41) is 4.13. The Hall–Kier alpha value is -3.70. The molecule has 0 amide bonds. The number of aromatic nitrogens is 1. The normalized spacial score (nSPS) is 15.6. The van der Waals surface area contributed by atoms with E-state index in [9.17, 15) is 13.2 Å². The smallest absolute Gasteiger partial charge is 0.306 e. The third-order valence-electron chi connectivity index (χ3n) is 5.54. The van der Waals surface area contributed by atoms with E-state index in [4.69, 9.17) is 19.2 Å². The van der Waals surface area contributed by atoms with E-state index in [-0.39, 0.29) is 28.9 Å². The second-order valence-corrected chi connectivity index (χ2v) is 9.69. The first kappa shape index (κ1) is 24.4. The Morgan fingerprint density at radius 1 is 1.14 bits per heavy atom. The fraction of sp³-hybridized carbons (Fsp3) is 0.292. The first-order valence-electron chi connectivity index (χ1n) is 11.0. The third kappa shape index (κ3) is 6.06. The summed E-state index contributed by atoms with van der Waals surface area (Å²) in [7, 11) is -3.79. The molecule has 10 nitrogen and oxygen atoms in total. The van der Waals surface area contributed by atoms with E-state index in [0.29, 0.717) is 43.5 Å². The highest BCUT2D eigenvalue weighted by Gasteiger charge is 2.20. The van der Waals surface area contributed by atoms with Crippen molar-refractivity contribution in [2.45, 2.75) is 12.8 Å². The summed E-state index contributed by atoms with van der Waals surface area (Å²) in [6.45, 7) is 4.43. The van der Waals surface area contributed by atoms with Crippen molar-refractivity contribution in [1.82, 2.24) is 10.1 Å². The van der Waals surface area contributed by atoms with Gasteiger partial charge in [0.1, 0.15) is 0 Å². The Labute approximate surface area is 203 Å². The van der Waals surface area contributed by atoms with Gasteiger partial charge in [0.05, 0.1) is 30.7 Å². The van der Waals surface area contributed by atoms with E-state index in [1.54, 1.807) is 36.4 Å². The van der Waals surface area contributed by atoms with Crippen LogP contribution in [0.1, 0.15) is 40.0 Å². The average Bonchev–Trinajstić information content (AvgIpc) is 3.31. The van der Waals surface area contributed by atoms with Gasteiger partial charge in [-0.3, -0.25) is 4.79 Å². The molecule has 1 saturated heterocycles. The monoisotopic (exact) mass is 498 g/mol. The largest absolute Gasteiger partial charge is 0.382 e. The summed E-state index contributed by atoms with van der Waals surface area (Å²) in [5.74, 6) is 0.0427. The van der Waals surface area contributed by atoms with Crippen LogP contribution >= 0.6 is 0 Å². The van der Waals surface area contributed by atoms with Gasteiger partial charge in [0.2, 0.25) is 0 Å². The van der Waals surface area contributed by atoms with Gasteiger partial charge in [-0.1, -0.05) is 42.4 Å². The van der Waals surface area contributed by atoms with Crippen molar-refractivity contribution in [3.05, 3.63) is 77.0 Å². The van der Waals surface area contributed by atoms with Crippen molar-refractivity contribution in [3.8, 4) is 5.75 Å². The number of carbonyl (C=O) groups excluding carboxylic acids is 1.